The van der Waals surface area contributed by atoms with Gasteiger partial charge in [0.15, 0.2) is 0 Å². The van der Waals surface area contributed by atoms with Crippen LogP contribution in [0.15, 0.2) is 36.4 Å². The number of nitrogens with zero attached hydrogens (tertiary/aromatic N) is 1. The van der Waals surface area contributed by atoms with Crippen molar-refractivity contribution in [2.75, 3.05) is 33.9 Å². The van der Waals surface area contributed by atoms with Gasteiger partial charge < -0.3 is 14.4 Å². The van der Waals surface area contributed by atoms with Gasteiger partial charge in [-0.1, -0.05) is 18.2 Å². The van der Waals surface area contributed by atoms with Gasteiger partial charge in [-0.05, 0) is 60.1 Å². The zero-order valence-electron chi connectivity index (χ0n) is 19.9. The van der Waals surface area contributed by atoms with Gasteiger partial charge in [0.25, 0.3) is 0 Å². The van der Waals surface area contributed by atoms with Gasteiger partial charge in [0.2, 0.25) is 5.91 Å². The lowest BCUT2D eigenvalue weighted by atomic mass is 9.63. The number of rotatable bonds is 5. The van der Waals surface area contributed by atoms with Gasteiger partial charge in [-0.25, -0.2) is 4.39 Å². The minimum absolute atomic E-state index is 0.0416. The van der Waals surface area contributed by atoms with E-state index < -0.39 is 5.92 Å². The predicted octanol–water partition coefficient (Wildman–Crippen LogP) is 4.08. The number of Topliss-reactive ketones (excluding diaryl/α,β-unsaturated/α-hetero) is 2. The highest BCUT2D eigenvalue weighted by Gasteiger charge is 2.48. The van der Waals surface area contributed by atoms with Crippen molar-refractivity contribution in [3.05, 3.63) is 53.3 Å². The van der Waals surface area contributed by atoms with Crippen LogP contribution in [-0.4, -0.2) is 56.3 Å². The van der Waals surface area contributed by atoms with Gasteiger partial charge in [0, 0.05) is 38.6 Å². The summed E-state index contributed by atoms with van der Waals surface area (Å²) in [4.78, 5) is 40.7. The maximum Gasteiger partial charge on any atom is 0.248 e. The van der Waals surface area contributed by atoms with Gasteiger partial charge in [0.05, 0.1) is 7.11 Å². The molecule has 0 atom stereocenters. The minimum atomic E-state index is -0.851. The standard InChI is InChI=1S/C27H30FNO5/c1-17-12-19(18-4-6-20(28)7-5-18)13-23(34-3)25(17)26-21(30)14-27(15-22(26)31)8-10-29(11-9-27)24(32)16-33-2/h4-7,12-13,26H,8-11,14-16H2,1-3H3. The van der Waals surface area contributed by atoms with Crippen LogP contribution in [0.4, 0.5) is 4.39 Å². The minimum Gasteiger partial charge on any atom is -0.496 e. The highest BCUT2D eigenvalue weighted by molar-refractivity contribution is 6.11. The van der Waals surface area contributed by atoms with E-state index in [1.54, 1.807) is 23.1 Å². The van der Waals surface area contributed by atoms with Crippen LogP contribution in [0.1, 0.15) is 42.7 Å². The molecule has 180 valence electrons. The Morgan fingerprint density at radius 3 is 2.21 bits per heavy atom. The highest BCUT2D eigenvalue weighted by Crippen LogP contribution is 2.48. The molecule has 1 heterocycles. The second-order valence-corrected chi connectivity index (χ2v) is 9.45. The summed E-state index contributed by atoms with van der Waals surface area (Å²) in [6.07, 6.45) is 1.90. The van der Waals surface area contributed by atoms with Crippen molar-refractivity contribution < 1.29 is 28.2 Å². The largest absolute Gasteiger partial charge is 0.496 e. The Morgan fingerprint density at radius 2 is 1.65 bits per heavy atom. The van der Waals surface area contributed by atoms with Crippen LogP contribution >= 0.6 is 0 Å². The number of benzene rings is 2. The van der Waals surface area contributed by atoms with Crippen LogP contribution in [-0.2, 0) is 19.1 Å². The number of piperidine rings is 1. The van der Waals surface area contributed by atoms with Crippen LogP contribution in [0.5, 0.6) is 5.75 Å². The number of carbonyl (C=O) groups excluding carboxylic acids is 3. The maximum atomic E-state index is 13.4. The van der Waals surface area contributed by atoms with Gasteiger partial charge >= 0.3 is 0 Å². The second-order valence-electron chi connectivity index (χ2n) is 9.45. The summed E-state index contributed by atoms with van der Waals surface area (Å²) < 4.78 is 23.9. The molecule has 2 aromatic carbocycles. The highest BCUT2D eigenvalue weighted by atomic mass is 19.1. The monoisotopic (exact) mass is 467 g/mol. The van der Waals surface area contributed by atoms with E-state index in [1.165, 1.54) is 26.4 Å². The number of hydrogen-bond donors (Lipinski definition) is 0. The van der Waals surface area contributed by atoms with E-state index in [1.807, 2.05) is 13.0 Å². The maximum absolute atomic E-state index is 13.4. The third-order valence-corrected chi connectivity index (χ3v) is 7.22. The molecule has 4 rings (SSSR count). The van der Waals surface area contributed by atoms with Crippen LogP contribution < -0.4 is 4.74 Å². The lowest BCUT2D eigenvalue weighted by molar-refractivity contribution is -0.141. The fraction of sp³-hybridized carbons (Fsp3) is 0.444. The fourth-order valence-corrected chi connectivity index (χ4v) is 5.42. The number of ether oxygens (including phenoxy) is 2. The van der Waals surface area contributed by atoms with E-state index in [4.69, 9.17) is 9.47 Å². The Balaban J connectivity index is 1.57. The van der Waals surface area contributed by atoms with Gasteiger partial charge in [-0.15, -0.1) is 0 Å². The number of hydrogen-bond acceptors (Lipinski definition) is 5. The Kier molecular flexibility index (Phi) is 6.84. The summed E-state index contributed by atoms with van der Waals surface area (Å²) in [7, 11) is 3.02. The summed E-state index contributed by atoms with van der Waals surface area (Å²) in [5.74, 6) is -0.929. The Labute approximate surface area is 199 Å². The molecule has 1 amide bonds. The summed E-state index contributed by atoms with van der Waals surface area (Å²) in [6.45, 7) is 2.97. The van der Waals surface area contributed by atoms with E-state index in [0.717, 1.165) is 16.7 Å². The number of aryl methyl sites for hydroxylation is 1. The molecular formula is C27H30FNO5. The first-order valence-electron chi connectivity index (χ1n) is 11.5. The lowest BCUT2D eigenvalue weighted by Gasteiger charge is -2.44. The molecule has 2 aromatic rings. The van der Waals surface area contributed by atoms with E-state index in [0.29, 0.717) is 50.1 Å². The molecule has 1 saturated carbocycles. The molecule has 0 aromatic heterocycles. The van der Waals surface area contributed by atoms with Gasteiger partial charge in [-0.3, -0.25) is 14.4 Å². The van der Waals surface area contributed by atoms with E-state index in [2.05, 4.69) is 0 Å². The van der Waals surface area contributed by atoms with Crippen molar-refractivity contribution in [2.45, 2.75) is 38.5 Å². The molecular weight excluding hydrogens is 437 g/mol. The van der Waals surface area contributed by atoms with Crippen LogP contribution in [0.3, 0.4) is 0 Å². The molecule has 0 radical (unpaired) electrons. The van der Waals surface area contributed by atoms with Crippen LogP contribution in [0.2, 0.25) is 0 Å². The molecule has 1 saturated heterocycles. The van der Waals surface area contributed by atoms with Crippen molar-refractivity contribution in [2.24, 2.45) is 5.41 Å². The summed E-state index contributed by atoms with van der Waals surface area (Å²) in [5.41, 5.74) is 2.68. The molecule has 2 fully saturated rings. The van der Waals surface area contributed by atoms with E-state index >= 15 is 0 Å². The second kappa shape index (κ2) is 9.66. The molecule has 1 aliphatic heterocycles. The summed E-state index contributed by atoms with van der Waals surface area (Å²) in [5, 5.41) is 0. The molecule has 1 spiro atoms. The first-order chi connectivity index (χ1) is 16.3. The van der Waals surface area contributed by atoms with Crippen LogP contribution in [0.25, 0.3) is 11.1 Å². The number of amides is 1. The summed E-state index contributed by atoms with van der Waals surface area (Å²) >= 11 is 0. The van der Waals surface area contributed by atoms with Crippen molar-refractivity contribution in [1.29, 1.82) is 0 Å². The van der Waals surface area contributed by atoms with Crippen molar-refractivity contribution in [3.63, 3.8) is 0 Å². The quantitative estimate of drug-likeness (QED) is 0.620. The van der Waals surface area contributed by atoms with Crippen molar-refractivity contribution >= 4 is 17.5 Å². The third kappa shape index (κ3) is 4.62. The Hall–Kier alpha value is -3.06. The summed E-state index contributed by atoms with van der Waals surface area (Å²) in [6, 6.07) is 9.89. The lowest BCUT2D eigenvalue weighted by Crippen LogP contribution is -2.49. The molecule has 7 heteroatoms. The smallest absolute Gasteiger partial charge is 0.248 e. The third-order valence-electron chi connectivity index (χ3n) is 7.22. The average molecular weight is 468 g/mol. The van der Waals surface area contributed by atoms with Crippen molar-refractivity contribution in [1.82, 2.24) is 4.90 Å². The average Bonchev–Trinajstić information content (AvgIpc) is 2.80. The van der Waals surface area contributed by atoms with Crippen molar-refractivity contribution in [3.8, 4) is 16.9 Å². The molecule has 0 N–H and O–H groups in total. The Bertz CT molecular complexity index is 1080. The van der Waals surface area contributed by atoms with Crippen LogP contribution in [0, 0.1) is 18.2 Å². The molecule has 2 aliphatic rings. The topological polar surface area (TPSA) is 72.9 Å². The number of ketones is 2. The zero-order valence-corrected chi connectivity index (χ0v) is 19.9. The van der Waals surface area contributed by atoms with Gasteiger partial charge in [0.1, 0.15) is 35.7 Å². The SMILES string of the molecule is COCC(=O)N1CCC2(CC1)CC(=O)C(c1c(C)cc(-c3ccc(F)cc3)cc1OC)C(=O)C2. The molecule has 6 nitrogen and oxygen atoms in total. The predicted molar refractivity (Wildman–Crippen MR) is 125 cm³/mol. The number of methoxy groups -OCH3 is 2. The molecule has 1 aliphatic carbocycles. The van der Waals surface area contributed by atoms with E-state index in [9.17, 15) is 18.8 Å². The van der Waals surface area contributed by atoms with E-state index in [-0.39, 0.29) is 35.3 Å². The zero-order chi connectivity index (χ0) is 24.5. The Morgan fingerprint density at radius 1 is 1.03 bits per heavy atom. The molecule has 34 heavy (non-hydrogen) atoms. The molecule has 0 bridgehead atoms. The number of carbonyl (C=O) groups is 3. The normalized spacial score (nSPS) is 18.4. The molecule has 0 unspecified atom stereocenters. The fourth-order valence-electron chi connectivity index (χ4n) is 5.42. The number of halogens is 1. The first kappa shape index (κ1) is 24.1. The number of likely N-dealkylation sites (tertiary alicyclic amines) is 1. The van der Waals surface area contributed by atoms with Gasteiger partial charge in [-0.2, -0.15) is 0 Å². The first-order valence-corrected chi connectivity index (χ1v) is 11.5.